The van der Waals surface area contributed by atoms with Crippen LogP contribution in [-0.4, -0.2) is 56.1 Å². The molecule has 0 N–H and O–H groups in total. The summed E-state index contributed by atoms with van der Waals surface area (Å²) in [4.78, 5) is 2.46. The molecular weight excluding hydrogens is 356 g/mol. The molecule has 0 bridgehead atoms. The van der Waals surface area contributed by atoms with Gasteiger partial charge in [-0.25, -0.2) is 12.7 Å². The molecule has 4 nitrogen and oxygen atoms in total. The fourth-order valence-corrected chi connectivity index (χ4v) is 5.35. The highest BCUT2D eigenvalue weighted by Crippen LogP contribution is 2.37. The van der Waals surface area contributed by atoms with Crippen LogP contribution in [0.2, 0.25) is 0 Å². The van der Waals surface area contributed by atoms with Gasteiger partial charge in [0.15, 0.2) is 0 Å². The molecule has 2 saturated heterocycles. The number of sulfonamides is 1. The Balaban J connectivity index is 1.54. The molecule has 2 aromatic carbocycles. The molecule has 0 saturated carbocycles. The summed E-state index contributed by atoms with van der Waals surface area (Å²) in [6.45, 7) is 5.53. The average Bonchev–Trinajstić information content (AvgIpc) is 2.61. The molecule has 0 unspecified atom stereocenters. The maximum atomic E-state index is 12.1. The van der Waals surface area contributed by atoms with Gasteiger partial charge >= 0.3 is 0 Å². The minimum atomic E-state index is -3.13. The van der Waals surface area contributed by atoms with E-state index in [0.29, 0.717) is 25.0 Å². The van der Waals surface area contributed by atoms with Crippen molar-refractivity contribution < 1.29 is 8.42 Å². The van der Waals surface area contributed by atoms with E-state index in [9.17, 15) is 8.42 Å². The first-order valence-corrected chi connectivity index (χ1v) is 11.6. The van der Waals surface area contributed by atoms with Gasteiger partial charge < -0.3 is 0 Å². The first kappa shape index (κ1) is 18.7. The van der Waals surface area contributed by atoms with E-state index in [0.717, 1.165) is 25.9 Å². The number of aryl methyl sites for hydroxylation is 1. The van der Waals surface area contributed by atoms with E-state index < -0.39 is 10.0 Å². The normalized spacial score (nSPS) is 24.5. The van der Waals surface area contributed by atoms with Gasteiger partial charge in [0.2, 0.25) is 10.0 Å². The molecule has 2 heterocycles. The molecule has 0 radical (unpaired) electrons. The van der Waals surface area contributed by atoms with Gasteiger partial charge in [0.1, 0.15) is 0 Å². The molecule has 4 rings (SSSR count). The summed E-state index contributed by atoms with van der Waals surface area (Å²) in [5, 5.41) is 0. The molecule has 0 amide bonds. The van der Waals surface area contributed by atoms with E-state index in [-0.39, 0.29) is 0 Å². The second kappa shape index (κ2) is 7.38. The second-order valence-electron chi connectivity index (χ2n) is 7.93. The topological polar surface area (TPSA) is 40.6 Å². The fraction of sp³-hybridized carbons (Fsp3) is 0.455. The third-order valence-electron chi connectivity index (χ3n) is 6.12. The maximum absolute atomic E-state index is 12.1. The number of hydrogen-bond acceptors (Lipinski definition) is 3. The number of fused-ring (bicyclic) bond motifs is 1. The predicted octanol–water partition coefficient (Wildman–Crippen LogP) is 3.49. The van der Waals surface area contributed by atoms with Gasteiger partial charge in [-0.3, -0.25) is 4.90 Å². The first-order chi connectivity index (χ1) is 12.9. The summed E-state index contributed by atoms with van der Waals surface area (Å²) in [6, 6.07) is 17.6. The fourth-order valence-electron chi connectivity index (χ4n) is 4.46. The van der Waals surface area contributed by atoms with E-state index >= 15 is 0 Å². The monoisotopic (exact) mass is 384 g/mol. The molecule has 27 heavy (non-hydrogen) atoms. The van der Waals surface area contributed by atoms with Crippen LogP contribution in [-0.2, 0) is 10.0 Å². The number of rotatable bonds is 3. The minimum Gasteiger partial charge on any atom is -0.298 e. The Bertz CT molecular complexity index is 908. The van der Waals surface area contributed by atoms with Crippen molar-refractivity contribution in [2.24, 2.45) is 0 Å². The largest absolute Gasteiger partial charge is 0.298 e. The Hall–Kier alpha value is -1.69. The standard InChI is InChI=1S/C22H28N2O2S/c1-17-7-3-4-8-20(17)18-9-11-19(12-10-18)21-15-23-13-5-6-14-24(16-22(21)23)27(2,25)26/h3-4,7-12,21-22H,5-6,13-16H2,1-2H3/t21-,22-/m0/s1. The lowest BCUT2D eigenvalue weighted by Gasteiger charge is -2.51. The van der Waals surface area contributed by atoms with Crippen LogP contribution in [0.5, 0.6) is 0 Å². The SMILES string of the molecule is Cc1ccccc1-c1ccc([C@@H]2CN3CCCCN(S(C)(=O)=O)C[C@@H]23)cc1. The van der Waals surface area contributed by atoms with Crippen LogP contribution in [0.3, 0.4) is 0 Å². The molecule has 2 fully saturated rings. The summed E-state index contributed by atoms with van der Waals surface area (Å²) in [5.41, 5.74) is 5.11. The molecule has 5 heteroatoms. The van der Waals surface area contributed by atoms with Gasteiger partial charge in [-0.2, -0.15) is 0 Å². The second-order valence-corrected chi connectivity index (χ2v) is 9.92. The molecule has 0 aliphatic carbocycles. The quantitative estimate of drug-likeness (QED) is 0.813. The van der Waals surface area contributed by atoms with Crippen molar-refractivity contribution in [1.29, 1.82) is 0 Å². The van der Waals surface area contributed by atoms with Crippen LogP contribution >= 0.6 is 0 Å². The zero-order valence-corrected chi connectivity index (χ0v) is 17.0. The van der Waals surface area contributed by atoms with Crippen molar-refractivity contribution in [2.75, 3.05) is 32.4 Å². The molecule has 2 aliphatic rings. The first-order valence-electron chi connectivity index (χ1n) is 9.78. The molecule has 0 aromatic heterocycles. The Kier molecular flexibility index (Phi) is 5.10. The van der Waals surface area contributed by atoms with Crippen molar-refractivity contribution in [1.82, 2.24) is 9.21 Å². The number of nitrogens with zero attached hydrogens (tertiary/aromatic N) is 2. The molecular formula is C22H28N2O2S. The molecule has 2 aromatic rings. The van der Waals surface area contributed by atoms with Crippen LogP contribution in [0.25, 0.3) is 11.1 Å². The zero-order valence-electron chi connectivity index (χ0n) is 16.1. The van der Waals surface area contributed by atoms with Gasteiger partial charge in [-0.05, 0) is 48.6 Å². The summed E-state index contributed by atoms with van der Waals surface area (Å²) in [6.07, 6.45) is 3.36. The summed E-state index contributed by atoms with van der Waals surface area (Å²) >= 11 is 0. The smallest absolute Gasteiger partial charge is 0.211 e. The summed E-state index contributed by atoms with van der Waals surface area (Å²) in [5.74, 6) is 0.415. The van der Waals surface area contributed by atoms with Gasteiger partial charge in [0, 0.05) is 31.6 Å². The van der Waals surface area contributed by atoms with Gasteiger partial charge in [-0.15, -0.1) is 0 Å². The predicted molar refractivity (Wildman–Crippen MR) is 110 cm³/mol. The van der Waals surface area contributed by atoms with Crippen LogP contribution in [0, 0.1) is 6.92 Å². The molecule has 144 valence electrons. The van der Waals surface area contributed by atoms with Gasteiger partial charge in [-0.1, -0.05) is 48.5 Å². The minimum absolute atomic E-state index is 0.296. The van der Waals surface area contributed by atoms with Gasteiger partial charge in [0.25, 0.3) is 0 Å². The van der Waals surface area contributed by atoms with Crippen LogP contribution in [0.15, 0.2) is 48.5 Å². The zero-order chi connectivity index (χ0) is 19.0. The van der Waals surface area contributed by atoms with Crippen molar-refractivity contribution in [2.45, 2.75) is 31.7 Å². The maximum Gasteiger partial charge on any atom is 0.211 e. The Morgan fingerprint density at radius 3 is 2.33 bits per heavy atom. The molecule has 2 aliphatic heterocycles. The Morgan fingerprint density at radius 1 is 0.926 bits per heavy atom. The van der Waals surface area contributed by atoms with Gasteiger partial charge in [0.05, 0.1) is 6.26 Å². The van der Waals surface area contributed by atoms with Crippen molar-refractivity contribution in [3.05, 3.63) is 59.7 Å². The average molecular weight is 385 g/mol. The third kappa shape index (κ3) is 3.82. The third-order valence-corrected chi connectivity index (χ3v) is 7.39. The lowest BCUT2D eigenvalue weighted by atomic mass is 9.81. The van der Waals surface area contributed by atoms with E-state index in [1.54, 1.807) is 4.31 Å². The molecule has 0 spiro atoms. The number of benzene rings is 2. The lowest BCUT2D eigenvalue weighted by molar-refractivity contribution is 0.0349. The summed E-state index contributed by atoms with van der Waals surface area (Å²) < 4.78 is 25.9. The lowest BCUT2D eigenvalue weighted by Crippen LogP contribution is -2.60. The highest BCUT2D eigenvalue weighted by Gasteiger charge is 2.42. The van der Waals surface area contributed by atoms with Crippen LogP contribution in [0.1, 0.15) is 29.9 Å². The summed E-state index contributed by atoms with van der Waals surface area (Å²) in [7, 11) is -3.13. The highest BCUT2D eigenvalue weighted by atomic mass is 32.2. The van der Waals surface area contributed by atoms with E-state index in [1.807, 2.05) is 0 Å². The molecule has 2 atom stereocenters. The highest BCUT2D eigenvalue weighted by molar-refractivity contribution is 7.88. The van der Waals surface area contributed by atoms with E-state index in [1.165, 1.54) is 28.5 Å². The van der Waals surface area contributed by atoms with E-state index in [2.05, 4.69) is 60.4 Å². The number of hydrogen-bond donors (Lipinski definition) is 0. The van der Waals surface area contributed by atoms with Crippen molar-refractivity contribution >= 4 is 10.0 Å². The van der Waals surface area contributed by atoms with Crippen molar-refractivity contribution in [3.63, 3.8) is 0 Å². The Labute approximate surface area is 162 Å². The van der Waals surface area contributed by atoms with E-state index in [4.69, 9.17) is 0 Å². The van der Waals surface area contributed by atoms with Crippen LogP contribution < -0.4 is 0 Å². The Morgan fingerprint density at radius 2 is 1.63 bits per heavy atom. The van der Waals surface area contributed by atoms with Crippen LogP contribution in [0.4, 0.5) is 0 Å². The van der Waals surface area contributed by atoms with Crippen molar-refractivity contribution in [3.8, 4) is 11.1 Å².